The molecule has 108 valence electrons. The lowest BCUT2D eigenvalue weighted by molar-refractivity contribution is -0.137. The van der Waals surface area contributed by atoms with Crippen LogP contribution in [0.25, 0.3) is 0 Å². The third-order valence-electron chi connectivity index (χ3n) is 2.92. The van der Waals surface area contributed by atoms with Crippen molar-refractivity contribution >= 4 is 16.0 Å². The number of nitrogens with zero attached hydrogens (tertiary/aromatic N) is 3. The van der Waals surface area contributed by atoms with Gasteiger partial charge in [0.25, 0.3) is 10.0 Å². The molecule has 1 unspecified atom stereocenters. The maximum absolute atomic E-state index is 12.4. The fraction of sp³-hybridized carbons (Fsp3) is 0.636. The lowest BCUT2D eigenvalue weighted by Gasteiger charge is -2.24. The van der Waals surface area contributed by atoms with Crippen LogP contribution in [0.15, 0.2) is 17.6 Å². The van der Waals surface area contributed by atoms with Gasteiger partial charge in [-0.3, -0.25) is 4.79 Å². The summed E-state index contributed by atoms with van der Waals surface area (Å²) in [5.41, 5.74) is 0. The van der Waals surface area contributed by atoms with Crippen LogP contribution in [0, 0.1) is 0 Å². The summed E-state index contributed by atoms with van der Waals surface area (Å²) in [6.07, 6.45) is 3.36. The van der Waals surface area contributed by atoms with Gasteiger partial charge in [0.1, 0.15) is 6.54 Å². The fourth-order valence-electron chi connectivity index (χ4n) is 1.58. The molecule has 0 aliphatic carbocycles. The fourth-order valence-corrected chi connectivity index (χ4v) is 3.17. The van der Waals surface area contributed by atoms with Crippen molar-refractivity contribution in [3.05, 3.63) is 12.5 Å². The molecule has 0 spiro atoms. The number of aliphatic carboxylic acids is 1. The van der Waals surface area contributed by atoms with Gasteiger partial charge in [-0.2, -0.15) is 4.31 Å². The summed E-state index contributed by atoms with van der Waals surface area (Å²) in [4.78, 5) is 14.7. The Hall–Kier alpha value is -1.41. The van der Waals surface area contributed by atoms with E-state index in [9.17, 15) is 13.2 Å². The summed E-state index contributed by atoms with van der Waals surface area (Å²) in [5, 5.41) is 8.74. The molecule has 0 amide bonds. The lowest BCUT2D eigenvalue weighted by atomic mass is 10.2. The predicted octanol–water partition coefficient (Wildman–Crippen LogP) is 0.777. The second-order valence-electron chi connectivity index (χ2n) is 4.24. The highest BCUT2D eigenvalue weighted by molar-refractivity contribution is 7.89. The monoisotopic (exact) mass is 289 g/mol. The minimum atomic E-state index is -3.88. The van der Waals surface area contributed by atoms with Crippen LogP contribution in [0.2, 0.25) is 0 Å². The summed E-state index contributed by atoms with van der Waals surface area (Å²) in [5.74, 6) is -1.18. The van der Waals surface area contributed by atoms with Crippen molar-refractivity contribution < 1.29 is 18.3 Å². The highest BCUT2D eigenvalue weighted by atomic mass is 32.2. The van der Waals surface area contributed by atoms with Gasteiger partial charge in [-0.25, -0.2) is 13.4 Å². The number of carboxylic acid groups (broad SMARTS) is 1. The molecule has 0 aromatic carbocycles. The summed E-state index contributed by atoms with van der Waals surface area (Å²) in [6, 6.07) is -0.395. The maximum Gasteiger partial charge on any atom is 0.318 e. The molecule has 1 rings (SSSR count). The smallest absolute Gasteiger partial charge is 0.318 e. The van der Waals surface area contributed by atoms with Crippen molar-refractivity contribution in [2.24, 2.45) is 0 Å². The average molecular weight is 289 g/mol. The average Bonchev–Trinajstić information content (AvgIpc) is 2.84. The van der Waals surface area contributed by atoms with Gasteiger partial charge in [0.2, 0.25) is 0 Å². The number of imidazole rings is 1. The van der Waals surface area contributed by atoms with Crippen molar-refractivity contribution in [2.45, 2.75) is 44.8 Å². The van der Waals surface area contributed by atoms with E-state index < -0.39 is 28.6 Å². The first-order valence-electron chi connectivity index (χ1n) is 6.08. The molecule has 19 heavy (non-hydrogen) atoms. The van der Waals surface area contributed by atoms with E-state index in [0.717, 1.165) is 4.31 Å². The lowest BCUT2D eigenvalue weighted by Crippen LogP contribution is -2.41. The Bertz CT molecular complexity index is 538. The molecule has 0 aliphatic heterocycles. The van der Waals surface area contributed by atoms with Crippen LogP contribution >= 0.6 is 0 Å². The molecule has 0 bridgehead atoms. The van der Waals surface area contributed by atoms with E-state index in [4.69, 9.17) is 5.11 Å². The van der Waals surface area contributed by atoms with E-state index in [0.29, 0.717) is 13.0 Å². The zero-order valence-corrected chi connectivity index (χ0v) is 12.1. The second-order valence-corrected chi connectivity index (χ2v) is 6.08. The van der Waals surface area contributed by atoms with Crippen molar-refractivity contribution in [2.75, 3.05) is 6.54 Å². The Balaban J connectivity index is 3.14. The molecule has 8 heteroatoms. The molecular weight excluding hydrogens is 270 g/mol. The zero-order chi connectivity index (χ0) is 14.6. The molecular formula is C11H19N3O4S. The third kappa shape index (κ3) is 3.54. The molecule has 1 aromatic rings. The Labute approximate surface area is 112 Å². The van der Waals surface area contributed by atoms with Crippen molar-refractivity contribution in [3.63, 3.8) is 0 Å². The summed E-state index contributed by atoms with van der Waals surface area (Å²) in [7, 11) is -3.88. The van der Waals surface area contributed by atoms with Crippen LogP contribution in [0.4, 0.5) is 0 Å². The van der Waals surface area contributed by atoms with E-state index in [1.54, 1.807) is 18.4 Å². The van der Waals surface area contributed by atoms with Crippen molar-refractivity contribution in [1.82, 2.24) is 13.9 Å². The highest BCUT2D eigenvalue weighted by Gasteiger charge is 2.31. The van der Waals surface area contributed by atoms with Crippen molar-refractivity contribution in [3.8, 4) is 0 Å². The Kier molecular flexibility index (Phi) is 5.07. The topological polar surface area (TPSA) is 92.5 Å². The highest BCUT2D eigenvalue weighted by Crippen LogP contribution is 2.17. The van der Waals surface area contributed by atoms with Gasteiger partial charge in [-0.05, 0) is 20.3 Å². The third-order valence-corrected chi connectivity index (χ3v) is 4.77. The van der Waals surface area contributed by atoms with E-state index in [-0.39, 0.29) is 5.03 Å². The number of hydrogen-bond acceptors (Lipinski definition) is 4. The molecule has 0 saturated heterocycles. The molecule has 1 N–H and O–H groups in total. The van der Waals surface area contributed by atoms with Crippen molar-refractivity contribution in [1.29, 1.82) is 0 Å². The zero-order valence-electron chi connectivity index (χ0n) is 11.3. The van der Waals surface area contributed by atoms with Crippen LogP contribution < -0.4 is 0 Å². The van der Waals surface area contributed by atoms with Gasteiger partial charge >= 0.3 is 5.97 Å². The summed E-state index contributed by atoms with van der Waals surface area (Å²) >= 11 is 0. The molecule has 1 aromatic heterocycles. The Morgan fingerprint density at radius 2 is 2.16 bits per heavy atom. The molecule has 7 nitrogen and oxygen atoms in total. The van der Waals surface area contributed by atoms with Gasteiger partial charge in [0, 0.05) is 18.8 Å². The van der Waals surface area contributed by atoms with E-state index in [1.165, 1.54) is 12.5 Å². The van der Waals surface area contributed by atoms with Crippen LogP contribution in [-0.2, 0) is 21.4 Å². The summed E-state index contributed by atoms with van der Waals surface area (Å²) in [6.45, 7) is 5.39. The molecule has 1 heterocycles. The minimum Gasteiger partial charge on any atom is -0.480 e. The van der Waals surface area contributed by atoms with Crippen LogP contribution in [-0.4, -0.2) is 45.9 Å². The van der Waals surface area contributed by atoms with Gasteiger partial charge in [-0.15, -0.1) is 0 Å². The largest absolute Gasteiger partial charge is 0.480 e. The number of rotatable bonds is 7. The van der Waals surface area contributed by atoms with E-state index >= 15 is 0 Å². The predicted molar refractivity (Wildman–Crippen MR) is 69.2 cm³/mol. The first-order valence-corrected chi connectivity index (χ1v) is 7.52. The van der Waals surface area contributed by atoms with Gasteiger partial charge in [-0.1, -0.05) is 6.92 Å². The second kappa shape index (κ2) is 6.16. The van der Waals surface area contributed by atoms with E-state index in [2.05, 4.69) is 4.98 Å². The number of hydrogen-bond donors (Lipinski definition) is 1. The first kappa shape index (κ1) is 15.6. The minimum absolute atomic E-state index is 0.115. The normalized spacial score (nSPS) is 13.7. The molecule has 0 radical (unpaired) electrons. The van der Waals surface area contributed by atoms with E-state index in [1.807, 2.05) is 6.92 Å². The molecule has 1 atom stereocenters. The first-order chi connectivity index (χ1) is 8.82. The molecule has 0 saturated carbocycles. The Morgan fingerprint density at radius 1 is 1.53 bits per heavy atom. The van der Waals surface area contributed by atoms with Crippen LogP contribution in [0.5, 0.6) is 0 Å². The number of carbonyl (C=O) groups is 1. The molecule has 0 aliphatic rings. The van der Waals surface area contributed by atoms with Crippen LogP contribution in [0.1, 0.15) is 27.2 Å². The number of carboxylic acids is 1. The quantitative estimate of drug-likeness (QED) is 0.800. The summed E-state index contributed by atoms with van der Waals surface area (Å²) < 4.78 is 27.4. The number of aryl methyl sites for hydroxylation is 1. The number of sulfonamides is 1. The van der Waals surface area contributed by atoms with Crippen LogP contribution in [0.3, 0.4) is 0 Å². The van der Waals surface area contributed by atoms with Gasteiger partial charge < -0.3 is 9.67 Å². The van der Waals surface area contributed by atoms with Gasteiger partial charge in [0.05, 0.1) is 6.33 Å². The standard InChI is InChI=1S/C11H19N3O4S/c1-4-9(3)14(7-11(15)16)19(17,18)10-6-13(5-2)8-12-10/h6,8-9H,4-5,7H2,1-3H3,(H,15,16). The maximum atomic E-state index is 12.4. The number of aromatic nitrogens is 2. The SMILES string of the molecule is CCC(C)N(CC(=O)O)S(=O)(=O)c1cn(CC)cn1. The molecule has 0 fully saturated rings. The Morgan fingerprint density at radius 3 is 2.58 bits per heavy atom. The van der Waals surface area contributed by atoms with Gasteiger partial charge in [0.15, 0.2) is 5.03 Å².